The van der Waals surface area contributed by atoms with E-state index in [1.807, 2.05) is 0 Å². The van der Waals surface area contributed by atoms with E-state index in [9.17, 15) is 18.4 Å². The van der Waals surface area contributed by atoms with E-state index in [1.54, 1.807) is 13.8 Å². The van der Waals surface area contributed by atoms with Crippen molar-refractivity contribution in [2.45, 2.75) is 46.2 Å². The number of carbonyl (C=O) groups excluding carboxylic acids is 2. The Bertz CT molecular complexity index is 571. The zero-order chi connectivity index (χ0) is 15.7. The van der Waals surface area contributed by atoms with Crippen molar-refractivity contribution in [3.63, 3.8) is 0 Å². The number of amides is 2. The van der Waals surface area contributed by atoms with Gasteiger partial charge in [-0.15, -0.1) is 0 Å². The normalized spacial score (nSPS) is 19.7. The van der Waals surface area contributed by atoms with Crippen molar-refractivity contribution in [3.05, 3.63) is 11.4 Å². The molecule has 1 aromatic rings. The first-order valence-corrected chi connectivity index (χ1v) is 6.75. The fraction of sp³-hybridized carbons (Fsp3) is 0.615. The second kappa shape index (κ2) is 5.79. The summed E-state index contributed by atoms with van der Waals surface area (Å²) in [6.07, 6.45) is 1.01. The Morgan fingerprint density at radius 1 is 1.48 bits per heavy atom. The predicted molar refractivity (Wildman–Crippen MR) is 71.9 cm³/mol. The number of nitrogens with one attached hydrogen (secondary N) is 2. The first-order valence-electron chi connectivity index (χ1n) is 6.75. The van der Waals surface area contributed by atoms with Gasteiger partial charge in [-0.25, -0.2) is 4.68 Å². The lowest BCUT2D eigenvalue weighted by Crippen LogP contribution is -2.38. The average molecular weight is 300 g/mol. The molecule has 0 bridgehead atoms. The quantitative estimate of drug-likeness (QED) is 0.889. The van der Waals surface area contributed by atoms with Crippen LogP contribution in [0.25, 0.3) is 0 Å². The third-order valence-corrected chi connectivity index (χ3v) is 3.80. The summed E-state index contributed by atoms with van der Waals surface area (Å²) >= 11 is 0. The van der Waals surface area contributed by atoms with Crippen LogP contribution >= 0.6 is 0 Å². The van der Waals surface area contributed by atoms with Crippen LogP contribution in [0, 0.1) is 19.8 Å². The molecule has 2 rings (SSSR count). The third-order valence-electron chi connectivity index (χ3n) is 3.80. The zero-order valence-electron chi connectivity index (χ0n) is 12.1. The monoisotopic (exact) mass is 300 g/mol. The van der Waals surface area contributed by atoms with E-state index < -0.39 is 12.5 Å². The topological polar surface area (TPSA) is 76.0 Å². The molecule has 0 saturated carbocycles. The molecule has 116 valence electrons. The molecule has 21 heavy (non-hydrogen) atoms. The summed E-state index contributed by atoms with van der Waals surface area (Å²) in [4.78, 5) is 23.4. The second-order valence-electron chi connectivity index (χ2n) is 5.26. The molecule has 0 aliphatic carbocycles. The highest BCUT2D eigenvalue weighted by Gasteiger charge is 2.31. The number of hydrogen-bond acceptors (Lipinski definition) is 3. The van der Waals surface area contributed by atoms with Crippen molar-refractivity contribution in [3.8, 4) is 0 Å². The molecule has 1 aliphatic heterocycles. The van der Waals surface area contributed by atoms with Gasteiger partial charge in [0, 0.05) is 12.5 Å². The van der Waals surface area contributed by atoms with Gasteiger partial charge in [0.1, 0.15) is 0 Å². The standard InChI is InChI=1S/C13H18F2N4O2/c1-6(9-4-5-10(20)16-9)12(21)17-11-7(2)18-19(8(11)3)13(14)15/h6,9,13H,4-5H2,1-3H3,(H,16,20)(H,17,21). The van der Waals surface area contributed by atoms with Gasteiger partial charge in [0.05, 0.1) is 23.0 Å². The molecular formula is C13H18F2N4O2. The summed E-state index contributed by atoms with van der Waals surface area (Å²) in [6.45, 7) is 1.99. The van der Waals surface area contributed by atoms with Gasteiger partial charge >= 0.3 is 6.55 Å². The van der Waals surface area contributed by atoms with E-state index in [1.165, 1.54) is 6.92 Å². The van der Waals surface area contributed by atoms with E-state index in [-0.39, 0.29) is 23.6 Å². The molecule has 1 aromatic heterocycles. The van der Waals surface area contributed by atoms with Crippen molar-refractivity contribution < 1.29 is 18.4 Å². The van der Waals surface area contributed by atoms with Crippen LogP contribution in [0.4, 0.5) is 14.5 Å². The van der Waals surface area contributed by atoms with Gasteiger partial charge in [-0.05, 0) is 20.3 Å². The number of rotatable bonds is 4. The minimum Gasteiger partial charge on any atom is -0.353 e. The van der Waals surface area contributed by atoms with Gasteiger partial charge < -0.3 is 10.6 Å². The highest BCUT2D eigenvalue weighted by molar-refractivity contribution is 5.94. The molecule has 0 spiro atoms. The van der Waals surface area contributed by atoms with Gasteiger partial charge in [0.2, 0.25) is 11.8 Å². The lowest BCUT2D eigenvalue weighted by atomic mass is 9.99. The number of nitrogens with zero attached hydrogens (tertiary/aromatic N) is 2. The summed E-state index contributed by atoms with van der Waals surface area (Å²) in [7, 11) is 0. The molecule has 0 aromatic carbocycles. The van der Waals surface area contributed by atoms with Crippen LogP contribution in [0.1, 0.15) is 37.7 Å². The Labute approximate surface area is 120 Å². The van der Waals surface area contributed by atoms with E-state index in [0.717, 1.165) is 0 Å². The van der Waals surface area contributed by atoms with Crippen molar-refractivity contribution in [2.24, 2.45) is 5.92 Å². The predicted octanol–water partition coefficient (Wildman–Crippen LogP) is 1.75. The Morgan fingerprint density at radius 2 is 2.14 bits per heavy atom. The van der Waals surface area contributed by atoms with Gasteiger partial charge in [0.15, 0.2) is 0 Å². The van der Waals surface area contributed by atoms with E-state index in [0.29, 0.717) is 28.9 Å². The third kappa shape index (κ3) is 3.03. The van der Waals surface area contributed by atoms with Crippen molar-refractivity contribution in [1.29, 1.82) is 0 Å². The van der Waals surface area contributed by atoms with Gasteiger partial charge in [0.25, 0.3) is 0 Å². The van der Waals surface area contributed by atoms with Gasteiger partial charge in [-0.1, -0.05) is 6.92 Å². The molecule has 2 N–H and O–H groups in total. The molecule has 1 saturated heterocycles. The van der Waals surface area contributed by atoms with Crippen molar-refractivity contribution >= 4 is 17.5 Å². The van der Waals surface area contributed by atoms with Crippen molar-refractivity contribution in [1.82, 2.24) is 15.1 Å². The average Bonchev–Trinajstić information content (AvgIpc) is 2.96. The van der Waals surface area contributed by atoms with Crippen LogP contribution in [0.15, 0.2) is 0 Å². The summed E-state index contributed by atoms with van der Waals surface area (Å²) in [6, 6.07) is -0.219. The number of carbonyl (C=O) groups is 2. The molecule has 2 atom stereocenters. The Kier molecular flexibility index (Phi) is 4.24. The molecular weight excluding hydrogens is 282 g/mol. The SMILES string of the molecule is Cc1nn(C(F)F)c(C)c1NC(=O)C(C)C1CCC(=O)N1. The largest absolute Gasteiger partial charge is 0.353 e. The maximum Gasteiger partial charge on any atom is 0.333 e. The molecule has 2 heterocycles. The molecule has 1 fully saturated rings. The number of aryl methyl sites for hydroxylation is 1. The smallest absolute Gasteiger partial charge is 0.333 e. The maximum atomic E-state index is 12.7. The fourth-order valence-electron chi connectivity index (χ4n) is 2.47. The number of alkyl halides is 2. The molecule has 1 aliphatic rings. The van der Waals surface area contributed by atoms with Gasteiger partial charge in [-0.2, -0.15) is 13.9 Å². The molecule has 6 nitrogen and oxygen atoms in total. The summed E-state index contributed by atoms with van der Waals surface area (Å²) in [5.74, 6) is -0.829. The highest BCUT2D eigenvalue weighted by atomic mass is 19.3. The minimum absolute atomic E-state index is 0.0717. The number of anilines is 1. The number of hydrogen-bond donors (Lipinski definition) is 2. The minimum atomic E-state index is -2.75. The summed E-state index contributed by atoms with van der Waals surface area (Å²) in [5.41, 5.74) is 0.846. The van der Waals surface area contributed by atoms with Crippen molar-refractivity contribution in [2.75, 3.05) is 5.32 Å². The van der Waals surface area contributed by atoms with E-state index >= 15 is 0 Å². The lowest BCUT2D eigenvalue weighted by molar-refractivity contribution is -0.121. The van der Waals surface area contributed by atoms with Crippen LogP contribution in [0.2, 0.25) is 0 Å². The van der Waals surface area contributed by atoms with Crippen LogP contribution in [0.3, 0.4) is 0 Å². The first kappa shape index (κ1) is 15.4. The fourth-order valence-corrected chi connectivity index (χ4v) is 2.47. The Hall–Kier alpha value is -1.99. The van der Waals surface area contributed by atoms with E-state index in [4.69, 9.17) is 0 Å². The van der Waals surface area contributed by atoms with Crippen LogP contribution in [0.5, 0.6) is 0 Å². The Balaban J connectivity index is 2.11. The first-order chi connectivity index (χ1) is 9.81. The zero-order valence-corrected chi connectivity index (χ0v) is 12.1. The number of aromatic nitrogens is 2. The molecule has 2 unspecified atom stereocenters. The van der Waals surface area contributed by atoms with Crippen LogP contribution < -0.4 is 10.6 Å². The molecule has 0 radical (unpaired) electrons. The maximum absolute atomic E-state index is 12.7. The second-order valence-corrected chi connectivity index (χ2v) is 5.26. The molecule has 2 amide bonds. The Morgan fingerprint density at radius 3 is 2.62 bits per heavy atom. The highest BCUT2D eigenvalue weighted by Crippen LogP contribution is 2.25. The summed E-state index contributed by atoms with van der Waals surface area (Å²) < 4.78 is 26.1. The van der Waals surface area contributed by atoms with Crippen LogP contribution in [-0.4, -0.2) is 27.6 Å². The summed E-state index contributed by atoms with van der Waals surface area (Å²) in [5, 5.41) is 9.08. The molecule has 8 heteroatoms. The lowest BCUT2D eigenvalue weighted by Gasteiger charge is -2.18. The van der Waals surface area contributed by atoms with Gasteiger partial charge in [-0.3, -0.25) is 9.59 Å². The number of halogens is 2. The van der Waals surface area contributed by atoms with Crippen LogP contribution in [-0.2, 0) is 9.59 Å². The van der Waals surface area contributed by atoms with E-state index in [2.05, 4.69) is 15.7 Å².